The lowest BCUT2D eigenvalue weighted by atomic mass is 9.89. The lowest BCUT2D eigenvalue weighted by Gasteiger charge is -2.35. The van der Waals surface area contributed by atoms with Crippen molar-refractivity contribution in [1.82, 2.24) is 18.7 Å². The zero-order valence-corrected chi connectivity index (χ0v) is 19.6. The summed E-state index contributed by atoms with van der Waals surface area (Å²) in [6.45, 7) is 10.00. The molecule has 4 aromatic rings. The first-order valence-electron chi connectivity index (χ1n) is 10.3. The molecule has 0 aliphatic carbocycles. The van der Waals surface area contributed by atoms with Crippen molar-refractivity contribution < 1.29 is 12.8 Å². The third-order valence-electron chi connectivity index (χ3n) is 6.16. The van der Waals surface area contributed by atoms with Crippen LogP contribution in [0.15, 0.2) is 30.5 Å². The largest absolute Gasteiger partial charge is 0.371 e. The standard InChI is InChI=1S/C23H24FN5O2S/c1-12-9-18-21(29-14(3)26-27-22(29)23(4,5)25-18)13(2)20(12)17-10-15(24)11-19-16(17)7-8-28(19)32(6,30)31/h7-11,25H,1-6H3. The minimum absolute atomic E-state index is 0.319. The Kier molecular flexibility index (Phi) is 4.15. The summed E-state index contributed by atoms with van der Waals surface area (Å²) in [5, 5.41) is 12.9. The van der Waals surface area contributed by atoms with Crippen LogP contribution < -0.4 is 5.32 Å². The first-order valence-corrected chi connectivity index (χ1v) is 12.1. The Morgan fingerprint density at radius 2 is 1.81 bits per heavy atom. The zero-order valence-electron chi connectivity index (χ0n) is 18.8. The summed E-state index contributed by atoms with van der Waals surface area (Å²) in [6, 6.07) is 6.50. The van der Waals surface area contributed by atoms with Gasteiger partial charge in [-0.05, 0) is 81.1 Å². The minimum atomic E-state index is -3.57. The number of nitrogens with zero attached hydrogens (tertiary/aromatic N) is 4. The van der Waals surface area contributed by atoms with Gasteiger partial charge in [-0.3, -0.25) is 4.57 Å². The normalized spacial score (nSPS) is 14.8. The van der Waals surface area contributed by atoms with Crippen LogP contribution in [-0.4, -0.2) is 33.4 Å². The van der Waals surface area contributed by atoms with Gasteiger partial charge in [-0.2, -0.15) is 0 Å². The molecular weight excluding hydrogens is 429 g/mol. The Bertz CT molecular complexity index is 1550. The number of nitrogens with one attached hydrogen (secondary N) is 1. The Labute approximate surface area is 185 Å². The molecule has 32 heavy (non-hydrogen) atoms. The topological polar surface area (TPSA) is 81.8 Å². The second-order valence-electron chi connectivity index (χ2n) is 9.01. The van der Waals surface area contributed by atoms with Gasteiger partial charge >= 0.3 is 0 Å². The van der Waals surface area contributed by atoms with Gasteiger partial charge in [0, 0.05) is 11.6 Å². The summed E-state index contributed by atoms with van der Waals surface area (Å²) in [5.74, 6) is 1.07. The molecule has 9 heteroatoms. The predicted octanol–water partition coefficient (Wildman–Crippen LogP) is 4.42. The number of halogens is 1. The molecule has 0 spiro atoms. The number of hydrogen-bond acceptors (Lipinski definition) is 5. The van der Waals surface area contributed by atoms with Gasteiger partial charge in [0.2, 0.25) is 10.0 Å². The molecule has 0 radical (unpaired) electrons. The van der Waals surface area contributed by atoms with Crippen molar-refractivity contribution in [2.45, 2.75) is 40.2 Å². The van der Waals surface area contributed by atoms with Crippen LogP contribution in [0.2, 0.25) is 0 Å². The molecule has 0 saturated heterocycles. The Morgan fingerprint density at radius 1 is 1.09 bits per heavy atom. The monoisotopic (exact) mass is 453 g/mol. The maximum absolute atomic E-state index is 14.7. The Morgan fingerprint density at radius 3 is 2.50 bits per heavy atom. The fourth-order valence-electron chi connectivity index (χ4n) is 4.88. The van der Waals surface area contributed by atoms with E-state index in [9.17, 15) is 12.8 Å². The summed E-state index contributed by atoms with van der Waals surface area (Å²) in [4.78, 5) is 0. The highest BCUT2D eigenvalue weighted by Crippen LogP contribution is 2.44. The van der Waals surface area contributed by atoms with Crippen LogP contribution in [0.4, 0.5) is 10.1 Å². The van der Waals surface area contributed by atoms with Crippen LogP contribution in [0.1, 0.15) is 36.6 Å². The summed E-state index contributed by atoms with van der Waals surface area (Å²) in [5.41, 5.74) is 5.18. The number of benzene rings is 2. The van der Waals surface area contributed by atoms with Crippen molar-refractivity contribution >= 4 is 26.6 Å². The van der Waals surface area contributed by atoms with Gasteiger partial charge < -0.3 is 5.32 Å². The molecule has 0 bridgehead atoms. The number of aryl methyl sites for hydroxylation is 2. The lowest BCUT2D eigenvalue weighted by Crippen LogP contribution is -2.36. The number of hydrogen-bond donors (Lipinski definition) is 1. The highest BCUT2D eigenvalue weighted by Gasteiger charge is 2.36. The van der Waals surface area contributed by atoms with Crippen molar-refractivity contribution in [2.75, 3.05) is 11.6 Å². The molecule has 166 valence electrons. The summed E-state index contributed by atoms with van der Waals surface area (Å²) >= 11 is 0. The summed E-state index contributed by atoms with van der Waals surface area (Å²) < 4.78 is 42.3. The number of aromatic nitrogens is 4. The van der Waals surface area contributed by atoms with E-state index < -0.39 is 21.4 Å². The van der Waals surface area contributed by atoms with E-state index in [-0.39, 0.29) is 0 Å². The maximum Gasteiger partial charge on any atom is 0.236 e. The van der Waals surface area contributed by atoms with E-state index in [4.69, 9.17) is 0 Å². The van der Waals surface area contributed by atoms with Gasteiger partial charge in [-0.1, -0.05) is 0 Å². The lowest BCUT2D eigenvalue weighted by molar-refractivity contribution is 0.534. The molecular formula is C23H24FN5O2S. The highest BCUT2D eigenvalue weighted by molar-refractivity contribution is 7.89. The number of anilines is 1. The second kappa shape index (κ2) is 6.41. The van der Waals surface area contributed by atoms with Crippen molar-refractivity contribution in [2.24, 2.45) is 0 Å². The Hall–Kier alpha value is -3.20. The molecule has 2 aromatic heterocycles. The quantitative estimate of drug-likeness (QED) is 0.486. The summed E-state index contributed by atoms with van der Waals surface area (Å²) in [7, 11) is -3.57. The second-order valence-corrected chi connectivity index (χ2v) is 10.9. The molecule has 0 saturated carbocycles. The van der Waals surface area contributed by atoms with Gasteiger partial charge in [0.25, 0.3) is 0 Å². The van der Waals surface area contributed by atoms with Crippen LogP contribution in [0.3, 0.4) is 0 Å². The number of rotatable bonds is 2. The molecule has 0 fully saturated rings. The van der Waals surface area contributed by atoms with E-state index in [0.717, 1.165) is 49.9 Å². The summed E-state index contributed by atoms with van der Waals surface area (Å²) in [6.07, 6.45) is 2.58. The van der Waals surface area contributed by atoms with E-state index in [2.05, 4.69) is 29.4 Å². The molecule has 1 N–H and O–H groups in total. The van der Waals surface area contributed by atoms with Crippen LogP contribution in [0.5, 0.6) is 0 Å². The smallest absolute Gasteiger partial charge is 0.236 e. The molecule has 3 heterocycles. The van der Waals surface area contributed by atoms with E-state index in [0.29, 0.717) is 16.5 Å². The van der Waals surface area contributed by atoms with Gasteiger partial charge in [0.15, 0.2) is 5.82 Å². The first kappa shape index (κ1) is 20.7. The third-order valence-corrected chi connectivity index (χ3v) is 7.19. The molecule has 0 atom stereocenters. The van der Waals surface area contributed by atoms with Crippen LogP contribution in [0.25, 0.3) is 27.7 Å². The van der Waals surface area contributed by atoms with E-state index in [1.54, 1.807) is 6.07 Å². The van der Waals surface area contributed by atoms with E-state index >= 15 is 0 Å². The molecule has 7 nitrogen and oxygen atoms in total. The highest BCUT2D eigenvalue weighted by atomic mass is 32.2. The first-order chi connectivity index (χ1) is 14.9. The number of fused-ring (bicyclic) bond motifs is 4. The average molecular weight is 454 g/mol. The van der Waals surface area contributed by atoms with Gasteiger partial charge in [-0.15, -0.1) is 10.2 Å². The van der Waals surface area contributed by atoms with Crippen molar-refractivity contribution in [3.8, 4) is 16.8 Å². The van der Waals surface area contributed by atoms with Crippen LogP contribution in [0, 0.1) is 26.6 Å². The maximum atomic E-state index is 14.7. The van der Waals surface area contributed by atoms with Crippen molar-refractivity contribution in [1.29, 1.82) is 0 Å². The Balaban J connectivity index is 1.87. The van der Waals surface area contributed by atoms with Crippen molar-refractivity contribution in [3.05, 3.63) is 59.1 Å². The average Bonchev–Trinajstić information content (AvgIpc) is 3.25. The molecule has 0 unspecified atom stereocenters. The predicted molar refractivity (Wildman–Crippen MR) is 123 cm³/mol. The van der Waals surface area contributed by atoms with E-state index in [1.165, 1.54) is 18.3 Å². The van der Waals surface area contributed by atoms with Crippen LogP contribution >= 0.6 is 0 Å². The van der Waals surface area contributed by atoms with Gasteiger partial charge in [0.1, 0.15) is 11.6 Å². The third kappa shape index (κ3) is 2.80. The molecule has 1 aliphatic heterocycles. The fourth-order valence-corrected chi connectivity index (χ4v) is 5.67. The minimum Gasteiger partial charge on any atom is -0.371 e. The molecule has 1 aliphatic rings. The molecule has 2 aromatic carbocycles. The van der Waals surface area contributed by atoms with E-state index in [1.807, 2.05) is 31.4 Å². The zero-order chi connectivity index (χ0) is 23.2. The molecule has 0 amide bonds. The van der Waals surface area contributed by atoms with Crippen LogP contribution in [-0.2, 0) is 15.6 Å². The van der Waals surface area contributed by atoms with Gasteiger partial charge in [0.05, 0.1) is 28.7 Å². The SMILES string of the molecule is Cc1cc2c(c(C)c1-c1cc(F)cc3c1ccn3S(C)(=O)=O)-n1c(C)nnc1C(C)(C)N2. The van der Waals surface area contributed by atoms with Gasteiger partial charge in [-0.25, -0.2) is 16.8 Å². The fraction of sp³-hybridized carbons (Fsp3) is 0.304. The van der Waals surface area contributed by atoms with Crippen molar-refractivity contribution in [3.63, 3.8) is 0 Å². The molecule has 5 rings (SSSR count).